The lowest BCUT2D eigenvalue weighted by atomic mass is 9.59. The van der Waals surface area contributed by atoms with E-state index >= 15 is 0 Å². The van der Waals surface area contributed by atoms with Gasteiger partial charge in [0.25, 0.3) is 0 Å². The summed E-state index contributed by atoms with van der Waals surface area (Å²) in [5, 5.41) is 0. The van der Waals surface area contributed by atoms with Crippen LogP contribution < -0.4 is 22.5 Å². The quantitative estimate of drug-likeness (QED) is 0.106. The van der Waals surface area contributed by atoms with E-state index in [1.165, 1.54) is 0 Å². The summed E-state index contributed by atoms with van der Waals surface area (Å²) in [5.74, 6) is 3.75. The van der Waals surface area contributed by atoms with Gasteiger partial charge >= 0.3 is 0 Å². The predicted molar refractivity (Wildman–Crippen MR) is 152 cm³/mol. The summed E-state index contributed by atoms with van der Waals surface area (Å²) in [7, 11) is 0. The van der Waals surface area contributed by atoms with Gasteiger partial charge in [-0.25, -0.2) is 16.2 Å². The van der Waals surface area contributed by atoms with Crippen LogP contribution in [0.1, 0.15) is 91.0 Å². The van der Waals surface area contributed by atoms with Crippen molar-refractivity contribution in [1.29, 1.82) is 0 Å². The maximum Gasteiger partial charge on any atom is 0.247 e. The van der Waals surface area contributed by atoms with Crippen LogP contribution in [0.3, 0.4) is 0 Å². The summed E-state index contributed by atoms with van der Waals surface area (Å²) >= 11 is 0. The fourth-order valence-corrected chi connectivity index (χ4v) is 5.86. The van der Waals surface area contributed by atoms with Crippen LogP contribution >= 0.6 is 0 Å². The van der Waals surface area contributed by atoms with Crippen LogP contribution in [-0.2, 0) is 24.0 Å². The Morgan fingerprint density at radius 3 is 2.41 bits per heavy atom. The van der Waals surface area contributed by atoms with E-state index in [1.807, 2.05) is 63.3 Å². The molecular formula is C30H48N4O5. The van der Waals surface area contributed by atoms with Crippen LogP contribution in [0.5, 0.6) is 0 Å². The van der Waals surface area contributed by atoms with Gasteiger partial charge in [-0.15, -0.1) is 0 Å². The Balaban J connectivity index is 2.47. The van der Waals surface area contributed by atoms with Gasteiger partial charge in [-0.2, -0.15) is 0 Å². The molecule has 1 aromatic rings. The number of rotatable bonds is 16. The third-order valence-corrected chi connectivity index (χ3v) is 7.72. The van der Waals surface area contributed by atoms with Crippen LogP contribution in [0.4, 0.5) is 0 Å². The van der Waals surface area contributed by atoms with Gasteiger partial charge in [-0.1, -0.05) is 76.1 Å². The minimum absolute atomic E-state index is 0.127. The first kappa shape index (κ1) is 32.6. The van der Waals surface area contributed by atoms with Crippen LogP contribution in [0.2, 0.25) is 0 Å². The lowest BCUT2D eigenvalue weighted by Crippen LogP contribution is -2.56. The van der Waals surface area contributed by atoms with E-state index in [9.17, 15) is 14.4 Å². The molecular weight excluding hydrogens is 496 g/mol. The lowest BCUT2D eigenvalue weighted by Gasteiger charge is -2.44. The van der Waals surface area contributed by atoms with Crippen LogP contribution in [0, 0.1) is 16.7 Å². The van der Waals surface area contributed by atoms with Crippen LogP contribution in [-0.4, -0.2) is 36.5 Å². The van der Waals surface area contributed by atoms with Crippen molar-refractivity contribution in [2.24, 2.45) is 28.3 Å². The molecule has 1 saturated heterocycles. The summed E-state index contributed by atoms with van der Waals surface area (Å²) in [6.07, 6.45) is 8.75. The first-order valence-corrected chi connectivity index (χ1v) is 14.2. The zero-order chi connectivity index (χ0) is 28.9. The van der Waals surface area contributed by atoms with Gasteiger partial charge in [0, 0.05) is 18.9 Å². The number of ketones is 1. The summed E-state index contributed by atoms with van der Waals surface area (Å²) in [6.45, 7) is 8.08. The highest BCUT2D eigenvalue weighted by Crippen LogP contribution is 2.48. The predicted octanol–water partition coefficient (Wildman–Crippen LogP) is 4.17. The molecule has 6 N–H and O–H groups in total. The van der Waals surface area contributed by atoms with Gasteiger partial charge in [-0.3, -0.25) is 19.8 Å². The molecule has 0 saturated carbocycles. The summed E-state index contributed by atoms with van der Waals surface area (Å²) in [6, 6.07) is 8.96. The molecule has 5 atom stereocenters. The molecule has 39 heavy (non-hydrogen) atoms. The highest BCUT2D eigenvalue weighted by molar-refractivity contribution is 6.08. The molecule has 2 amide bonds. The average Bonchev–Trinajstić information content (AvgIpc) is 2.94. The molecule has 218 valence electrons. The number of carbonyl (C=O) groups excluding carboxylic acids is 3. The Labute approximate surface area is 233 Å². The van der Waals surface area contributed by atoms with Gasteiger partial charge < -0.3 is 10.5 Å². The molecule has 2 rings (SSSR count). The maximum atomic E-state index is 13.8. The number of carbonyl (C=O) groups is 3. The first-order valence-electron chi connectivity index (χ1n) is 14.2. The Morgan fingerprint density at radius 1 is 1.15 bits per heavy atom. The number of nitrogens with one attached hydrogen (secondary N) is 2. The van der Waals surface area contributed by atoms with E-state index < -0.39 is 35.0 Å². The summed E-state index contributed by atoms with van der Waals surface area (Å²) < 4.78 is 5.62. The highest BCUT2D eigenvalue weighted by atomic mass is 16.8. The van der Waals surface area contributed by atoms with Gasteiger partial charge in [0.15, 0.2) is 12.1 Å². The number of nitrogens with two attached hydrogens (primary N) is 2. The topological polar surface area (TPSA) is 146 Å². The molecule has 0 aliphatic carbocycles. The molecule has 2 unspecified atom stereocenters. The molecule has 9 nitrogen and oxygen atoms in total. The summed E-state index contributed by atoms with van der Waals surface area (Å²) in [5.41, 5.74) is 9.71. The van der Waals surface area contributed by atoms with Gasteiger partial charge in [0.05, 0.1) is 6.04 Å². The molecule has 0 radical (unpaired) electrons. The second kappa shape index (κ2) is 15.9. The molecule has 0 bridgehead atoms. The number of hydrogen-bond donors (Lipinski definition) is 4. The van der Waals surface area contributed by atoms with Gasteiger partial charge in [0.2, 0.25) is 11.8 Å². The standard InChI is InChI=1S/C30H48N4O5/c1-5-18-29(4,21-30(19-6-2,28(37)33-32)26(35)22(3)31)24(16-12-15-23-13-8-7-9-14-23)27(36)34-39-25-17-10-11-20-38-25/h7-9,12-15,22,24-25H,5-6,10-11,16-21,31-32H2,1-4H3,(H,33,37)(H,34,36)/b15-12+/t22-,24-,25?,29+,30?/m1/s1. The second-order valence-corrected chi connectivity index (χ2v) is 11.0. The lowest BCUT2D eigenvalue weighted by molar-refractivity contribution is -0.204. The van der Waals surface area contributed by atoms with Crippen LogP contribution in [0.15, 0.2) is 36.4 Å². The second-order valence-electron chi connectivity index (χ2n) is 11.0. The normalized spacial score (nSPS) is 20.4. The Bertz CT molecular complexity index is 948. The fraction of sp³-hybridized carbons (Fsp3) is 0.633. The SMILES string of the molecule is CCCC(C[C@](C)(CCC)[C@H](C/C=C/c1ccccc1)C(=O)NOC1CCCCO1)(C(=O)NN)C(=O)[C@@H](C)N. The monoisotopic (exact) mass is 544 g/mol. The third-order valence-electron chi connectivity index (χ3n) is 7.72. The smallest absolute Gasteiger partial charge is 0.247 e. The van der Waals surface area contributed by atoms with E-state index in [4.69, 9.17) is 21.2 Å². The molecule has 9 heteroatoms. The zero-order valence-corrected chi connectivity index (χ0v) is 24.0. The molecule has 1 fully saturated rings. The van der Waals surface area contributed by atoms with Crippen molar-refractivity contribution in [3.05, 3.63) is 42.0 Å². The fourth-order valence-electron chi connectivity index (χ4n) is 5.86. The van der Waals surface area contributed by atoms with Gasteiger partial charge in [-0.05, 0) is 56.4 Å². The number of Topliss-reactive ketones (excluding diaryl/α,β-unsaturated/α-hetero) is 1. The van der Waals surface area contributed by atoms with E-state index in [0.29, 0.717) is 32.3 Å². The largest absolute Gasteiger partial charge is 0.350 e. The minimum atomic E-state index is -1.46. The van der Waals surface area contributed by atoms with Crippen molar-refractivity contribution in [3.8, 4) is 0 Å². The number of amides is 2. The van der Waals surface area contributed by atoms with Crippen LogP contribution in [0.25, 0.3) is 6.08 Å². The Kier molecular flexibility index (Phi) is 13.3. The van der Waals surface area contributed by atoms with Crippen molar-refractivity contribution in [1.82, 2.24) is 10.9 Å². The molecule has 0 aromatic heterocycles. The minimum Gasteiger partial charge on any atom is -0.350 e. The number of allylic oxidation sites excluding steroid dienone is 1. The first-order chi connectivity index (χ1) is 18.6. The number of ether oxygens (including phenoxy) is 1. The number of hydrogen-bond acceptors (Lipinski definition) is 7. The molecule has 1 aliphatic heterocycles. The van der Waals surface area contributed by atoms with E-state index in [2.05, 4.69) is 10.9 Å². The van der Waals surface area contributed by atoms with Crippen molar-refractivity contribution < 1.29 is 24.0 Å². The molecule has 0 spiro atoms. The number of hydrazine groups is 1. The molecule has 1 aromatic carbocycles. The third kappa shape index (κ3) is 8.96. The van der Waals surface area contributed by atoms with Crippen molar-refractivity contribution in [3.63, 3.8) is 0 Å². The van der Waals surface area contributed by atoms with E-state index in [1.54, 1.807) is 6.92 Å². The highest BCUT2D eigenvalue weighted by Gasteiger charge is 2.52. The summed E-state index contributed by atoms with van der Waals surface area (Å²) in [4.78, 5) is 46.3. The van der Waals surface area contributed by atoms with Crippen molar-refractivity contribution in [2.45, 2.75) is 97.8 Å². The van der Waals surface area contributed by atoms with E-state index in [0.717, 1.165) is 24.8 Å². The van der Waals surface area contributed by atoms with Crippen molar-refractivity contribution >= 4 is 23.7 Å². The van der Waals surface area contributed by atoms with Crippen molar-refractivity contribution in [2.75, 3.05) is 6.61 Å². The number of hydroxylamine groups is 1. The number of benzene rings is 1. The molecule has 1 heterocycles. The zero-order valence-electron chi connectivity index (χ0n) is 24.0. The van der Waals surface area contributed by atoms with Gasteiger partial charge in [0.1, 0.15) is 5.41 Å². The molecule has 1 aliphatic rings. The Hall–Kier alpha value is -2.59. The van der Waals surface area contributed by atoms with E-state index in [-0.39, 0.29) is 24.5 Å². The Morgan fingerprint density at radius 2 is 1.85 bits per heavy atom. The maximum absolute atomic E-state index is 13.8. The average molecular weight is 545 g/mol.